The summed E-state index contributed by atoms with van der Waals surface area (Å²) in [5, 5.41) is 0. The predicted molar refractivity (Wildman–Crippen MR) is 131 cm³/mol. The Morgan fingerprint density at radius 2 is 0.722 bits per heavy atom. The van der Waals surface area contributed by atoms with Crippen LogP contribution in [0.1, 0.15) is 77.0 Å². The van der Waals surface area contributed by atoms with Gasteiger partial charge in [0.05, 0.1) is 19.8 Å². The van der Waals surface area contributed by atoms with Gasteiger partial charge in [0.15, 0.2) is 0 Å². The molecule has 0 aromatic carbocycles. The van der Waals surface area contributed by atoms with Crippen molar-refractivity contribution in [3.8, 4) is 0 Å². The van der Waals surface area contributed by atoms with Gasteiger partial charge >= 0.3 is 29.8 Å². The van der Waals surface area contributed by atoms with Gasteiger partial charge in [0.1, 0.15) is 13.2 Å². The molecule has 0 saturated heterocycles. The van der Waals surface area contributed by atoms with Crippen LogP contribution in [0, 0.1) is 0 Å². The number of hydrogen-bond acceptors (Lipinski definition) is 10. The van der Waals surface area contributed by atoms with Crippen molar-refractivity contribution in [1.82, 2.24) is 0 Å². The number of esters is 5. The molecule has 10 nitrogen and oxygen atoms in total. The Morgan fingerprint density at radius 3 is 1.11 bits per heavy atom. The Kier molecular flexibility index (Phi) is 21.5. The van der Waals surface area contributed by atoms with Gasteiger partial charge in [-0.25, -0.2) is 9.59 Å². The molecule has 0 aromatic rings. The van der Waals surface area contributed by atoms with Crippen molar-refractivity contribution in [2.24, 2.45) is 0 Å². The maximum atomic E-state index is 11.7. The van der Waals surface area contributed by atoms with Crippen LogP contribution in [0.25, 0.3) is 0 Å². The second kappa shape index (κ2) is 23.6. The first-order chi connectivity index (χ1) is 17.4. The first-order valence-corrected chi connectivity index (χ1v) is 12.4. The molecule has 0 radical (unpaired) electrons. The first-order valence-electron chi connectivity index (χ1n) is 12.4. The Hall–Kier alpha value is -3.17. The summed E-state index contributed by atoms with van der Waals surface area (Å²) in [4.78, 5) is 56.6. The van der Waals surface area contributed by atoms with Crippen molar-refractivity contribution in [1.29, 1.82) is 0 Å². The normalized spacial score (nSPS) is 10.1. The lowest BCUT2D eigenvalue weighted by Crippen LogP contribution is -2.12. The molecular weight excluding hydrogens is 472 g/mol. The van der Waals surface area contributed by atoms with Gasteiger partial charge in [-0.05, 0) is 57.8 Å². The van der Waals surface area contributed by atoms with E-state index in [1.54, 1.807) is 0 Å². The summed E-state index contributed by atoms with van der Waals surface area (Å²) in [7, 11) is 0. The van der Waals surface area contributed by atoms with E-state index in [9.17, 15) is 24.0 Å². The lowest BCUT2D eigenvalue weighted by molar-refractivity contribution is -0.149. The van der Waals surface area contributed by atoms with Crippen LogP contribution in [0.4, 0.5) is 0 Å². The molecule has 0 aliphatic heterocycles. The highest BCUT2D eigenvalue weighted by molar-refractivity contribution is 5.81. The van der Waals surface area contributed by atoms with Gasteiger partial charge in [0, 0.05) is 31.4 Å². The van der Waals surface area contributed by atoms with E-state index in [2.05, 4.69) is 13.2 Å². The van der Waals surface area contributed by atoms with Crippen LogP contribution in [-0.2, 0) is 47.7 Å². The predicted octanol–water partition coefficient (Wildman–Crippen LogP) is 3.76. The molecule has 0 aliphatic rings. The van der Waals surface area contributed by atoms with Crippen LogP contribution < -0.4 is 0 Å². The monoisotopic (exact) mass is 512 g/mol. The first kappa shape index (κ1) is 32.8. The third kappa shape index (κ3) is 22.6. The summed E-state index contributed by atoms with van der Waals surface area (Å²) in [5.74, 6) is -1.89. The van der Waals surface area contributed by atoms with Crippen molar-refractivity contribution < 1.29 is 47.7 Å². The van der Waals surface area contributed by atoms with Gasteiger partial charge in [-0.3, -0.25) is 14.4 Å². The zero-order valence-electron chi connectivity index (χ0n) is 21.2. The van der Waals surface area contributed by atoms with E-state index >= 15 is 0 Å². The summed E-state index contributed by atoms with van der Waals surface area (Å²) >= 11 is 0. The zero-order chi connectivity index (χ0) is 26.9. The fraction of sp³-hybridized carbons (Fsp3) is 0.654. The van der Waals surface area contributed by atoms with Gasteiger partial charge < -0.3 is 23.7 Å². The topological polar surface area (TPSA) is 132 Å². The second-order valence-corrected chi connectivity index (χ2v) is 7.84. The number of carbonyl (C=O) groups excluding carboxylic acids is 5. The molecule has 10 heteroatoms. The zero-order valence-corrected chi connectivity index (χ0v) is 21.2. The standard InChI is InChI=1S/C26H40O10/c1-3-22(27)32-17-11-5-8-14-24(29)33-18-12-6-9-15-25(30)34-19-13-7-10-16-26(31)36-21-20-35-23(28)4-2/h3-4H,1-2,5-21H2. The highest BCUT2D eigenvalue weighted by atomic mass is 16.6. The number of rotatable bonds is 23. The maximum absolute atomic E-state index is 11.7. The average molecular weight is 513 g/mol. The Labute approximate surface area is 213 Å². The molecule has 0 bridgehead atoms. The summed E-state index contributed by atoms with van der Waals surface area (Å²) in [6.07, 6.45) is 9.28. The largest absolute Gasteiger partial charge is 0.466 e. The van der Waals surface area contributed by atoms with Crippen molar-refractivity contribution >= 4 is 29.8 Å². The van der Waals surface area contributed by atoms with Crippen LogP contribution in [0.3, 0.4) is 0 Å². The molecule has 0 spiro atoms. The fourth-order valence-corrected chi connectivity index (χ4v) is 2.82. The molecule has 0 heterocycles. The molecule has 0 amide bonds. The minimum atomic E-state index is -0.562. The Balaban J connectivity index is 3.43. The van der Waals surface area contributed by atoms with Crippen molar-refractivity contribution in [2.45, 2.75) is 77.0 Å². The quantitative estimate of drug-likeness (QED) is 0.0863. The molecular formula is C26H40O10. The minimum Gasteiger partial charge on any atom is -0.466 e. The Morgan fingerprint density at radius 1 is 0.417 bits per heavy atom. The van der Waals surface area contributed by atoms with E-state index in [0.29, 0.717) is 71.2 Å². The summed E-state index contributed by atoms with van der Waals surface area (Å²) < 4.78 is 24.8. The minimum absolute atomic E-state index is 0.00307. The second-order valence-electron chi connectivity index (χ2n) is 7.84. The summed E-state index contributed by atoms with van der Waals surface area (Å²) in [6.45, 7) is 7.53. The third-order valence-electron chi connectivity index (χ3n) is 4.77. The molecule has 0 aliphatic carbocycles. The van der Waals surface area contributed by atoms with E-state index in [0.717, 1.165) is 31.4 Å². The van der Waals surface area contributed by atoms with E-state index in [1.165, 1.54) is 0 Å². The van der Waals surface area contributed by atoms with Gasteiger partial charge in [0.2, 0.25) is 0 Å². The van der Waals surface area contributed by atoms with Crippen LogP contribution in [0.2, 0.25) is 0 Å². The summed E-state index contributed by atoms with van der Waals surface area (Å²) in [5.41, 5.74) is 0. The molecule has 0 rings (SSSR count). The van der Waals surface area contributed by atoms with Crippen molar-refractivity contribution in [3.05, 3.63) is 25.3 Å². The Bertz CT molecular complexity index is 686. The third-order valence-corrected chi connectivity index (χ3v) is 4.77. The smallest absolute Gasteiger partial charge is 0.330 e. The molecule has 0 N–H and O–H groups in total. The number of ether oxygens (including phenoxy) is 5. The number of carbonyl (C=O) groups is 5. The SMILES string of the molecule is C=CC(=O)OCCCCCC(=O)OCCCCCC(=O)OCCCCCC(=O)OCCOC(=O)C=C. The molecule has 204 valence electrons. The van der Waals surface area contributed by atoms with Crippen molar-refractivity contribution in [2.75, 3.05) is 33.0 Å². The van der Waals surface area contributed by atoms with Crippen molar-refractivity contribution in [3.63, 3.8) is 0 Å². The van der Waals surface area contributed by atoms with E-state index < -0.39 is 11.9 Å². The average Bonchev–Trinajstić information content (AvgIpc) is 2.87. The lowest BCUT2D eigenvalue weighted by atomic mass is 10.2. The van der Waals surface area contributed by atoms with Gasteiger partial charge in [-0.15, -0.1) is 0 Å². The van der Waals surface area contributed by atoms with Gasteiger partial charge in [-0.1, -0.05) is 13.2 Å². The van der Waals surface area contributed by atoms with Crippen LogP contribution in [-0.4, -0.2) is 62.9 Å². The van der Waals surface area contributed by atoms with Gasteiger partial charge in [-0.2, -0.15) is 0 Å². The molecule has 0 saturated carbocycles. The molecule has 0 aromatic heterocycles. The molecule has 36 heavy (non-hydrogen) atoms. The molecule has 0 unspecified atom stereocenters. The molecule has 0 atom stereocenters. The maximum Gasteiger partial charge on any atom is 0.330 e. The number of hydrogen-bond donors (Lipinski definition) is 0. The number of unbranched alkanes of at least 4 members (excludes halogenated alkanes) is 6. The van der Waals surface area contributed by atoms with E-state index in [4.69, 9.17) is 23.7 Å². The molecule has 0 fully saturated rings. The highest BCUT2D eigenvalue weighted by Gasteiger charge is 2.06. The summed E-state index contributed by atoms with van der Waals surface area (Å²) in [6, 6.07) is 0. The lowest BCUT2D eigenvalue weighted by Gasteiger charge is -2.07. The fourth-order valence-electron chi connectivity index (χ4n) is 2.82. The van der Waals surface area contributed by atoms with E-state index in [1.807, 2.05) is 0 Å². The van der Waals surface area contributed by atoms with Crippen LogP contribution in [0.15, 0.2) is 25.3 Å². The van der Waals surface area contributed by atoms with E-state index in [-0.39, 0.29) is 37.5 Å². The highest BCUT2D eigenvalue weighted by Crippen LogP contribution is 2.06. The van der Waals surface area contributed by atoms with Crippen LogP contribution in [0.5, 0.6) is 0 Å². The van der Waals surface area contributed by atoms with Gasteiger partial charge in [0.25, 0.3) is 0 Å². The van der Waals surface area contributed by atoms with Crippen LogP contribution >= 0.6 is 0 Å².